The number of thioether (sulfide) groups is 1. The van der Waals surface area contributed by atoms with Crippen molar-refractivity contribution >= 4 is 39.9 Å². The Labute approximate surface area is 198 Å². The zero-order valence-corrected chi connectivity index (χ0v) is 20.2. The van der Waals surface area contributed by atoms with Crippen molar-refractivity contribution < 1.29 is 4.79 Å². The van der Waals surface area contributed by atoms with E-state index < -0.39 is 0 Å². The Morgan fingerprint density at radius 3 is 2.64 bits per heavy atom. The predicted molar refractivity (Wildman–Crippen MR) is 135 cm³/mol. The number of aromatic nitrogens is 2. The van der Waals surface area contributed by atoms with Crippen molar-refractivity contribution in [2.24, 2.45) is 0 Å². The van der Waals surface area contributed by atoms with Gasteiger partial charge in [0.2, 0.25) is 0 Å². The van der Waals surface area contributed by atoms with E-state index >= 15 is 0 Å². The lowest BCUT2D eigenvalue weighted by Gasteiger charge is -2.27. The third kappa shape index (κ3) is 4.46. The molecule has 2 aromatic carbocycles. The monoisotopic (exact) mass is 460 g/mol. The summed E-state index contributed by atoms with van der Waals surface area (Å²) in [6.45, 7) is 7.45. The number of benzene rings is 2. The van der Waals surface area contributed by atoms with Crippen LogP contribution >= 0.6 is 11.8 Å². The van der Waals surface area contributed by atoms with E-state index in [1.807, 2.05) is 74.8 Å². The summed E-state index contributed by atoms with van der Waals surface area (Å²) in [4.78, 5) is 15.2. The first kappa shape index (κ1) is 22.9. The molecule has 33 heavy (non-hydrogen) atoms. The third-order valence-corrected chi connectivity index (χ3v) is 7.16. The smallest absolute Gasteiger partial charge is 0.256 e. The largest absolute Gasteiger partial charge is 0.387 e. The van der Waals surface area contributed by atoms with E-state index in [2.05, 4.69) is 26.9 Å². The summed E-state index contributed by atoms with van der Waals surface area (Å²) in [5, 5.41) is 26.6. The van der Waals surface area contributed by atoms with Gasteiger partial charge in [0.25, 0.3) is 5.91 Å². The van der Waals surface area contributed by atoms with E-state index in [1.165, 1.54) is 0 Å². The molecule has 1 amide bonds. The predicted octanol–water partition coefficient (Wildman–Crippen LogP) is 4.52. The zero-order valence-electron chi connectivity index (χ0n) is 19.4. The number of carbonyl (C=O) groups excluding carboxylic acids is 1. The fraction of sp³-hybridized carbons (Fsp3) is 0.360. The average molecular weight is 461 g/mol. The van der Waals surface area contributed by atoms with Crippen molar-refractivity contribution in [1.29, 1.82) is 5.26 Å². The Kier molecular flexibility index (Phi) is 6.70. The Bertz CT molecular complexity index is 1250. The molecule has 2 heterocycles. The van der Waals surface area contributed by atoms with E-state index in [0.29, 0.717) is 16.9 Å². The molecule has 0 bridgehead atoms. The maximum atomic E-state index is 13.3. The Hall–Kier alpha value is -3.31. The van der Waals surface area contributed by atoms with Gasteiger partial charge in [-0.1, -0.05) is 12.1 Å². The third-order valence-electron chi connectivity index (χ3n) is 6.22. The molecule has 0 saturated carbocycles. The summed E-state index contributed by atoms with van der Waals surface area (Å²) in [5.74, 6) is 2.63. The van der Waals surface area contributed by atoms with Gasteiger partial charge >= 0.3 is 0 Å². The molecule has 170 valence electrons. The second kappa shape index (κ2) is 9.67. The van der Waals surface area contributed by atoms with E-state index in [4.69, 9.17) is 0 Å². The van der Waals surface area contributed by atoms with Crippen LogP contribution in [0.15, 0.2) is 30.3 Å². The number of amides is 1. The van der Waals surface area contributed by atoms with Gasteiger partial charge in [-0.25, -0.2) is 0 Å². The highest BCUT2D eigenvalue weighted by atomic mass is 32.2. The standard InChI is InChI=1S/C25H28N6OS/c1-15-18(14-26)6-5-7-19(15)16(2)28-24-21-13-23(27-4)22(12-20(21)17(3)29-30-24)25(32)31-8-10-33-11-9-31/h5-7,12-13,16,27H,8-11H2,1-4H3,(H,28,30)/t16-/m1/s1. The summed E-state index contributed by atoms with van der Waals surface area (Å²) in [6, 6.07) is 11.8. The van der Waals surface area contributed by atoms with Crippen LogP contribution in [-0.4, -0.2) is 52.6 Å². The van der Waals surface area contributed by atoms with Crippen molar-refractivity contribution in [3.8, 4) is 6.07 Å². The van der Waals surface area contributed by atoms with Gasteiger partial charge in [-0.05, 0) is 50.1 Å². The van der Waals surface area contributed by atoms with Crippen LogP contribution in [-0.2, 0) is 0 Å². The number of fused-ring (bicyclic) bond motifs is 1. The second-order valence-corrected chi connectivity index (χ2v) is 9.45. The van der Waals surface area contributed by atoms with Crippen LogP contribution in [0.2, 0.25) is 0 Å². The van der Waals surface area contributed by atoms with Crippen molar-refractivity contribution in [3.63, 3.8) is 0 Å². The fourth-order valence-electron chi connectivity index (χ4n) is 4.28. The van der Waals surface area contributed by atoms with Gasteiger partial charge in [0, 0.05) is 48.1 Å². The fourth-order valence-corrected chi connectivity index (χ4v) is 5.18. The number of nitriles is 1. The molecule has 1 aromatic heterocycles. The van der Waals surface area contributed by atoms with E-state index in [9.17, 15) is 10.1 Å². The van der Waals surface area contributed by atoms with Crippen LogP contribution in [0.3, 0.4) is 0 Å². The highest BCUT2D eigenvalue weighted by Gasteiger charge is 2.23. The summed E-state index contributed by atoms with van der Waals surface area (Å²) in [6.07, 6.45) is 0. The molecule has 7 nitrogen and oxygen atoms in total. The Morgan fingerprint density at radius 2 is 1.94 bits per heavy atom. The van der Waals surface area contributed by atoms with Crippen molar-refractivity contribution in [3.05, 3.63) is 58.3 Å². The maximum absolute atomic E-state index is 13.3. The Morgan fingerprint density at radius 1 is 1.18 bits per heavy atom. The maximum Gasteiger partial charge on any atom is 0.256 e. The summed E-state index contributed by atoms with van der Waals surface area (Å²) in [5.41, 5.74) is 4.86. The number of hydrogen-bond donors (Lipinski definition) is 2. The van der Waals surface area contributed by atoms with Crippen molar-refractivity contribution in [2.45, 2.75) is 26.8 Å². The van der Waals surface area contributed by atoms with Crippen molar-refractivity contribution in [1.82, 2.24) is 15.1 Å². The van der Waals surface area contributed by atoms with E-state index in [0.717, 1.165) is 57.9 Å². The minimum absolute atomic E-state index is 0.0459. The van der Waals surface area contributed by atoms with Crippen LogP contribution < -0.4 is 10.6 Å². The molecule has 1 aliphatic rings. The number of hydrogen-bond acceptors (Lipinski definition) is 7. The molecular weight excluding hydrogens is 432 g/mol. The minimum atomic E-state index is -0.0799. The van der Waals surface area contributed by atoms with Gasteiger partial charge < -0.3 is 15.5 Å². The molecule has 0 radical (unpaired) electrons. The zero-order chi connectivity index (χ0) is 23.5. The highest BCUT2D eigenvalue weighted by molar-refractivity contribution is 7.99. The molecule has 3 aromatic rings. The summed E-state index contributed by atoms with van der Waals surface area (Å²) < 4.78 is 0. The second-order valence-electron chi connectivity index (χ2n) is 8.23. The normalized spacial score (nSPS) is 14.6. The molecule has 2 N–H and O–H groups in total. The highest BCUT2D eigenvalue weighted by Crippen LogP contribution is 2.33. The molecule has 0 spiro atoms. The van der Waals surface area contributed by atoms with Crippen LogP contribution in [0.4, 0.5) is 11.5 Å². The molecule has 8 heteroatoms. The molecule has 1 aliphatic heterocycles. The van der Waals surface area contributed by atoms with Gasteiger partial charge in [0.15, 0.2) is 5.82 Å². The quantitative estimate of drug-likeness (QED) is 0.578. The number of nitrogens with one attached hydrogen (secondary N) is 2. The molecular formula is C25H28N6OS. The molecule has 0 unspecified atom stereocenters. The van der Waals surface area contributed by atoms with Gasteiger partial charge in [-0.3, -0.25) is 4.79 Å². The lowest BCUT2D eigenvalue weighted by atomic mass is 9.98. The topological polar surface area (TPSA) is 93.9 Å². The van der Waals surface area contributed by atoms with Crippen LogP contribution in [0.1, 0.15) is 45.7 Å². The first-order valence-electron chi connectivity index (χ1n) is 11.1. The van der Waals surface area contributed by atoms with Gasteiger partial charge in [-0.2, -0.15) is 22.1 Å². The first-order chi connectivity index (χ1) is 15.9. The number of rotatable bonds is 5. The number of carbonyl (C=O) groups is 1. The SMILES string of the molecule is CNc1cc2c(N[C@H](C)c3cccc(C#N)c3C)nnc(C)c2cc1C(=O)N1CCSCC1. The van der Waals surface area contributed by atoms with Crippen molar-refractivity contribution in [2.75, 3.05) is 42.3 Å². The van der Waals surface area contributed by atoms with Gasteiger partial charge in [0.05, 0.1) is 28.9 Å². The van der Waals surface area contributed by atoms with Gasteiger partial charge in [-0.15, -0.1) is 5.10 Å². The molecule has 1 saturated heterocycles. The number of nitrogens with zero attached hydrogens (tertiary/aromatic N) is 4. The van der Waals surface area contributed by atoms with E-state index in [-0.39, 0.29) is 11.9 Å². The number of aryl methyl sites for hydroxylation is 1. The van der Waals surface area contributed by atoms with E-state index in [1.54, 1.807) is 0 Å². The molecule has 1 fully saturated rings. The average Bonchev–Trinajstić information content (AvgIpc) is 2.85. The first-order valence-corrected chi connectivity index (χ1v) is 12.2. The molecule has 0 aliphatic carbocycles. The van der Waals surface area contributed by atoms with Crippen LogP contribution in [0, 0.1) is 25.2 Å². The summed E-state index contributed by atoms with van der Waals surface area (Å²) >= 11 is 1.88. The molecule has 1 atom stereocenters. The molecule has 4 rings (SSSR count). The summed E-state index contributed by atoms with van der Waals surface area (Å²) in [7, 11) is 1.83. The minimum Gasteiger partial charge on any atom is -0.387 e. The van der Waals surface area contributed by atoms with Crippen LogP contribution in [0.5, 0.6) is 0 Å². The lowest BCUT2D eigenvalue weighted by Crippen LogP contribution is -2.38. The lowest BCUT2D eigenvalue weighted by molar-refractivity contribution is 0.0773. The van der Waals surface area contributed by atoms with Gasteiger partial charge in [0.1, 0.15) is 0 Å². The van der Waals surface area contributed by atoms with Crippen LogP contribution in [0.25, 0.3) is 10.8 Å². The number of anilines is 2. The Balaban J connectivity index is 1.74.